The van der Waals surface area contributed by atoms with Crippen molar-refractivity contribution < 1.29 is 14.2 Å². The highest BCUT2D eigenvalue weighted by Gasteiger charge is 2.10. The van der Waals surface area contributed by atoms with E-state index < -0.39 is 0 Å². The van der Waals surface area contributed by atoms with E-state index in [2.05, 4.69) is 4.98 Å². The summed E-state index contributed by atoms with van der Waals surface area (Å²) in [6, 6.07) is 12.1. The summed E-state index contributed by atoms with van der Waals surface area (Å²) >= 11 is 1.42. The second kappa shape index (κ2) is 5.56. The number of nitrogens with zero attached hydrogens (tertiary/aromatic N) is 1. The third kappa shape index (κ3) is 2.50. The predicted molar refractivity (Wildman–Crippen MR) is 77.6 cm³/mol. The lowest BCUT2D eigenvalue weighted by molar-refractivity contribution is 0.201. The van der Waals surface area contributed by atoms with E-state index in [0.717, 1.165) is 10.2 Å². The SMILES string of the molecule is OCCOc1ccc2nc(-c3ccccc3F)sc2c1. The number of aliphatic hydroxyl groups excluding tert-OH is 1. The number of benzene rings is 2. The van der Waals surface area contributed by atoms with Gasteiger partial charge in [-0.2, -0.15) is 0 Å². The Morgan fingerprint density at radius 1 is 1.20 bits per heavy atom. The van der Waals surface area contributed by atoms with Gasteiger partial charge in [-0.25, -0.2) is 9.37 Å². The normalized spacial score (nSPS) is 10.9. The van der Waals surface area contributed by atoms with Gasteiger partial charge < -0.3 is 9.84 Å². The van der Waals surface area contributed by atoms with Crippen molar-refractivity contribution in [3.05, 3.63) is 48.3 Å². The van der Waals surface area contributed by atoms with Gasteiger partial charge in [-0.05, 0) is 30.3 Å². The van der Waals surface area contributed by atoms with Crippen molar-refractivity contribution in [2.24, 2.45) is 0 Å². The summed E-state index contributed by atoms with van der Waals surface area (Å²) < 4.78 is 20.0. The van der Waals surface area contributed by atoms with E-state index in [1.807, 2.05) is 12.1 Å². The van der Waals surface area contributed by atoms with Crippen LogP contribution >= 0.6 is 11.3 Å². The third-order valence-corrected chi connectivity index (χ3v) is 3.88. The molecule has 0 saturated carbocycles. The molecule has 0 spiro atoms. The molecule has 0 radical (unpaired) electrons. The number of hydrogen-bond donors (Lipinski definition) is 1. The first kappa shape index (κ1) is 13.0. The summed E-state index contributed by atoms with van der Waals surface area (Å²) in [4.78, 5) is 4.44. The Balaban J connectivity index is 2.00. The van der Waals surface area contributed by atoms with Gasteiger partial charge in [0.25, 0.3) is 0 Å². The molecule has 1 aromatic heterocycles. The number of hydrogen-bond acceptors (Lipinski definition) is 4. The van der Waals surface area contributed by atoms with Crippen molar-refractivity contribution in [2.45, 2.75) is 0 Å². The molecule has 0 amide bonds. The fourth-order valence-electron chi connectivity index (χ4n) is 1.91. The molecular formula is C15H12FNO2S. The summed E-state index contributed by atoms with van der Waals surface area (Å²) in [5.41, 5.74) is 1.32. The van der Waals surface area contributed by atoms with Gasteiger partial charge >= 0.3 is 0 Å². The zero-order chi connectivity index (χ0) is 13.9. The van der Waals surface area contributed by atoms with Crippen LogP contribution in [0.3, 0.4) is 0 Å². The molecule has 0 aliphatic carbocycles. The average Bonchev–Trinajstić information content (AvgIpc) is 2.88. The van der Waals surface area contributed by atoms with Gasteiger partial charge in [0, 0.05) is 5.56 Å². The van der Waals surface area contributed by atoms with Crippen LogP contribution in [-0.2, 0) is 0 Å². The van der Waals surface area contributed by atoms with Crippen molar-refractivity contribution in [1.29, 1.82) is 0 Å². The molecule has 3 rings (SSSR count). The molecule has 102 valence electrons. The Morgan fingerprint density at radius 2 is 2.05 bits per heavy atom. The molecule has 0 aliphatic rings. The van der Waals surface area contributed by atoms with Crippen LogP contribution in [0.5, 0.6) is 5.75 Å². The Kier molecular flexibility index (Phi) is 3.62. The van der Waals surface area contributed by atoms with Crippen molar-refractivity contribution in [3.63, 3.8) is 0 Å². The molecule has 1 N–H and O–H groups in total. The number of fused-ring (bicyclic) bond motifs is 1. The lowest BCUT2D eigenvalue weighted by Crippen LogP contribution is -2.00. The topological polar surface area (TPSA) is 42.4 Å². The van der Waals surface area contributed by atoms with Crippen LogP contribution in [0.1, 0.15) is 0 Å². The summed E-state index contributed by atoms with van der Waals surface area (Å²) in [6.07, 6.45) is 0. The molecule has 3 nitrogen and oxygen atoms in total. The number of rotatable bonds is 4. The lowest BCUT2D eigenvalue weighted by atomic mass is 10.2. The highest BCUT2D eigenvalue weighted by Crippen LogP contribution is 2.33. The smallest absolute Gasteiger partial charge is 0.133 e. The van der Waals surface area contributed by atoms with Gasteiger partial charge in [0.2, 0.25) is 0 Å². The van der Waals surface area contributed by atoms with E-state index in [-0.39, 0.29) is 19.0 Å². The predicted octanol–water partition coefficient (Wildman–Crippen LogP) is 3.47. The van der Waals surface area contributed by atoms with Crippen LogP contribution < -0.4 is 4.74 Å². The third-order valence-electron chi connectivity index (χ3n) is 2.82. The molecular weight excluding hydrogens is 277 g/mol. The number of ether oxygens (including phenoxy) is 1. The Hall–Kier alpha value is -1.98. The van der Waals surface area contributed by atoms with E-state index in [0.29, 0.717) is 16.3 Å². The molecule has 0 fully saturated rings. The van der Waals surface area contributed by atoms with Crippen LogP contribution in [0, 0.1) is 5.82 Å². The van der Waals surface area contributed by atoms with Crippen molar-refractivity contribution >= 4 is 21.6 Å². The summed E-state index contributed by atoms with van der Waals surface area (Å²) in [7, 11) is 0. The van der Waals surface area contributed by atoms with Crippen LogP contribution in [0.25, 0.3) is 20.8 Å². The first-order valence-corrected chi connectivity index (χ1v) is 6.99. The lowest BCUT2D eigenvalue weighted by Gasteiger charge is -2.02. The maximum atomic E-state index is 13.8. The van der Waals surface area contributed by atoms with Gasteiger partial charge in [-0.1, -0.05) is 12.1 Å². The van der Waals surface area contributed by atoms with E-state index >= 15 is 0 Å². The van der Waals surface area contributed by atoms with E-state index in [1.165, 1.54) is 17.4 Å². The van der Waals surface area contributed by atoms with Gasteiger partial charge in [0.1, 0.15) is 23.2 Å². The molecule has 0 unspecified atom stereocenters. The van der Waals surface area contributed by atoms with Gasteiger partial charge in [-0.3, -0.25) is 0 Å². The largest absolute Gasteiger partial charge is 0.491 e. The second-order valence-electron chi connectivity index (χ2n) is 4.20. The van der Waals surface area contributed by atoms with Crippen molar-refractivity contribution in [1.82, 2.24) is 4.98 Å². The first-order valence-electron chi connectivity index (χ1n) is 6.17. The minimum absolute atomic E-state index is 0.0266. The Bertz CT molecular complexity index is 742. The molecule has 0 aliphatic heterocycles. The highest BCUT2D eigenvalue weighted by atomic mass is 32.1. The van der Waals surface area contributed by atoms with Gasteiger partial charge in [0.15, 0.2) is 0 Å². The van der Waals surface area contributed by atoms with E-state index in [1.54, 1.807) is 24.3 Å². The number of aromatic nitrogens is 1. The molecule has 0 atom stereocenters. The molecule has 3 aromatic rings. The standard InChI is InChI=1S/C15H12FNO2S/c16-12-4-2-1-3-11(12)15-17-13-6-5-10(19-8-7-18)9-14(13)20-15/h1-6,9,18H,7-8H2. The summed E-state index contributed by atoms with van der Waals surface area (Å²) in [5.74, 6) is 0.401. The summed E-state index contributed by atoms with van der Waals surface area (Å²) in [5, 5.41) is 9.40. The minimum Gasteiger partial charge on any atom is -0.491 e. The van der Waals surface area contributed by atoms with Gasteiger partial charge in [0.05, 0.1) is 16.8 Å². The maximum Gasteiger partial charge on any atom is 0.133 e. The van der Waals surface area contributed by atoms with Crippen molar-refractivity contribution in [2.75, 3.05) is 13.2 Å². The Labute approximate surface area is 119 Å². The van der Waals surface area contributed by atoms with Crippen LogP contribution in [0.2, 0.25) is 0 Å². The van der Waals surface area contributed by atoms with Crippen LogP contribution in [0.15, 0.2) is 42.5 Å². The molecule has 0 bridgehead atoms. The van der Waals surface area contributed by atoms with Gasteiger partial charge in [-0.15, -0.1) is 11.3 Å². The number of thiazole rings is 1. The molecule has 20 heavy (non-hydrogen) atoms. The molecule has 5 heteroatoms. The number of halogens is 1. The molecule has 1 heterocycles. The fourth-order valence-corrected chi connectivity index (χ4v) is 2.93. The molecule has 2 aromatic carbocycles. The Morgan fingerprint density at radius 3 is 2.85 bits per heavy atom. The molecule has 0 saturated heterocycles. The monoisotopic (exact) mass is 289 g/mol. The van der Waals surface area contributed by atoms with Crippen LogP contribution in [0.4, 0.5) is 4.39 Å². The van der Waals surface area contributed by atoms with Crippen LogP contribution in [-0.4, -0.2) is 23.3 Å². The van der Waals surface area contributed by atoms with Crippen molar-refractivity contribution in [3.8, 4) is 16.3 Å². The zero-order valence-corrected chi connectivity index (χ0v) is 11.4. The second-order valence-corrected chi connectivity index (χ2v) is 5.23. The fraction of sp³-hybridized carbons (Fsp3) is 0.133. The number of aliphatic hydroxyl groups is 1. The first-order chi connectivity index (χ1) is 9.78. The van der Waals surface area contributed by atoms with E-state index in [9.17, 15) is 4.39 Å². The average molecular weight is 289 g/mol. The highest BCUT2D eigenvalue weighted by molar-refractivity contribution is 7.21. The minimum atomic E-state index is -0.275. The zero-order valence-electron chi connectivity index (χ0n) is 10.5. The maximum absolute atomic E-state index is 13.8. The van der Waals surface area contributed by atoms with E-state index in [4.69, 9.17) is 9.84 Å². The quantitative estimate of drug-likeness (QED) is 0.799. The summed E-state index contributed by atoms with van der Waals surface area (Å²) in [6.45, 7) is 0.228.